The number of oxazole rings is 1. The quantitative estimate of drug-likeness (QED) is 0.292. The van der Waals surface area contributed by atoms with Crippen LogP contribution >= 0.6 is 13.5 Å². The molecule has 0 saturated carbocycles. The number of hydrogen-bond acceptors (Lipinski definition) is 11. The van der Waals surface area contributed by atoms with Gasteiger partial charge in [-0.05, 0) is 62.3 Å². The number of piperidine rings is 1. The third kappa shape index (κ3) is 8.05. The second-order valence-corrected chi connectivity index (χ2v) is 11.5. The third-order valence-electron chi connectivity index (χ3n) is 8.29. The second kappa shape index (κ2) is 14.5. The number of nitrogens with one attached hydrogen (secondary N) is 1. The minimum atomic E-state index is -0.601. The number of fused-ring (bicyclic) bond motifs is 1. The first-order valence-electron chi connectivity index (χ1n) is 15.1. The number of hydrogen-bond donors (Lipinski definition) is 2. The normalized spacial score (nSPS) is 17.9. The number of carbonyl (C=O) groups is 1. The molecule has 6 rings (SSSR count). The molecule has 0 aliphatic carbocycles. The number of aryl methyl sites for hydroxylation is 1. The molecule has 0 unspecified atom stereocenters. The summed E-state index contributed by atoms with van der Waals surface area (Å²) in [6.45, 7) is 7.44. The molecule has 0 amide bonds. The van der Waals surface area contributed by atoms with E-state index in [1.165, 1.54) is 23.9 Å². The number of benzene rings is 1. The van der Waals surface area contributed by atoms with E-state index in [9.17, 15) is 9.90 Å². The number of ketones is 1. The summed E-state index contributed by atoms with van der Waals surface area (Å²) in [6.07, 6.45) is 5.75. The number of aliphatic hydroxyl groups is 1. The number of rotatable bonds is 12. The summed E-state index contributed by atoms with van der Waals surface area (Å²) in [6, 6.07) is 8.11. The Bertz CT molecular complexity index is 1380. The van der Waals surface area contributed by atoms with Gasteiger partial charge >= 0.3 is 0 Å². The van der Waals surface area contributed by atoms with Crippen molar-refractivity contribution in [3.63, 3.8) is 0 Å². The van der Waals surface area contributed by atoms with E-state index in [2.05, 4.69) is 37.2 Å². The Morgan fingerprint density at radius 2 is 1.98 bits per heavy atom. The summed E-state index contributed by atoms with van der Waals surface area (Å²) in [7, 11) is 0. The molecule has 1 atom stereocenters. The number of aromatic nitrogens is 3. The van der Waals surface area contributed by atoms with Gasteiger partial charge in [0.1, 0.15) is 23.9 Å². The van der Waals surface area contributed by atoms with Crippen LogP contribution in [0.25, 0.3) is 0 Å². The fraction of sp³-hybridized carbons (Fsp3) is 0.548. The molecule has 5 heterocycles. The Morgan fingerprint density at radius 1 is 1.14 bits per heavy atom. The summed E-state index contributed by atoms with van der Waals surface area (Å²) in [5.74, 6) is 2.74. The molecular weight excluding hydrogens is 568 g/mol. The maximum atomic E-state index is 13.2. The minimum absolute atomic E-state index is 0. The monoisotopic (exact) mass is 610 g/mol. The maximum absolute atomic E-state index is 13.2. The third-order valence-corrected chi connectivity index (χ3v) is 8.29. The van der Waals surface area contributed by atoms with Gasteiger partial charge in [-0.3, -0.25) is 9.69 Å². The first kappa shape index (κ1) is 31.2. The SMILES string of the molecule is Cc1ncoc1COc1ccc2c(c1)CCN(C[C@@H](O)CCC(=O)c1cc(NC3COC3)nc(N3CCCCC3)n1)C2.S. The number of carbonyl (C=O) groups excluding carboxylic acids is 1. The van der Waals surface area contributed by atoms with Crippen LogP contribution in [0, 0.1) is 6.92 Å². The Kier molecular flexibility index (Phi) is 10.6. The molecule has 3 aromatic rings. The average molecular weight is 611 g/mol. The zero-order chi connectivity index (χ0) is 28.9. The highest BCUT2D eigenvalue weighted by atomic mass is 32.1. The number of ether oxygens (including phenoxy) is 2. The second-order valence-electron chi connectivity index (χ2n) is 11.5. The molecule has 2 aromatic heterocycles. The fourth-order valence-electron chi connectivity index (χ4n) is 5.68. The van der Waals surface area contributed by atoms with Gasteiger partial charge in [-0.2, -0.15) is 18.5 Å². The molecule has 0 bridgehead atoms. The number of aliphatic hydroxyl groups excluding tert-OH is 1. The molecule has 12 heteroatoms. The van der Waals surface area contributed by atoms with Crippen molar-refractivity contribution in [2.45, 2.75) is 70.7 Å². The topological polar surface area (TPSA) is 126 Å². The Balaban J connectivity index is 0.00000368. The summed E-state index contributed by atoms with van der Waals surface area (Å²) in [4.78, 5) is 31.1. The van der Waals surface area contributed by atoms with Gasteiger partial charge in [0.05, 0.1) is 31.1 Å². The molecule has 232 valence electrons. The lowest BCUT2D eigenvalue weighted by atomic mass is 9.98. The fourth-order valence-corrected chi connectivity index (χ4v) is 5.68. The molecule has 2 N–H and O–H groups in total. The van der Waals surface area contributed by atoms with Crippen molar-refractivity contribution >= 4 is 31.0 Å². The van der Waals surface area contributed by atoms with Crippen molar-refractivity contribution in [3.05, 3.63) is 58.9 Å². The van der Waals surface area contributed by atoms with Gasteiger partial charge in [0, 0.05) is 45.2 Å². The molecule has 3 aliphatic rings. The summed E-state index contributed by atoms with van der Waals surface area (Å²) >= 11 is 0. The Morgan fingerprint density at radius 3 is 2.72 bits per heavy atom. The van der Waals surface area contributed by atoms with Crippen LogP contribution in [0.4, 0.5) is 11.8 Å². The number of Topliss-reactive ketones (excluding diaryl/α,β-unsaturated/α-hetero) is 1. The van der Waals surface area contributed by atoms with E-state index in [0.717, 1.165) is 62.6 Å². The van der Waals surface area contributed by atoms with Crippen LogP contribution in [0.3, 0.4) is 0 Å². The van der Waals surface area contributed by atoms with Gasteiger partial charge in [0.2, 0.25) is 5.95 Å². The molecular formula is C31H42N6O5S. The van der Waals surface area contributed by atoms with Crippen molar-refractivity contribution in [2.75, 3.05) is 49.6 Å². The van der Waals surface area contributed by atoms with E-state index < -0.39 is 6.10 Å². The first-order valence-corrected chi connectivity index (χ1v) is 15.1. The van der Waals surface area contributed by atoms with Crippen LogP contribution in [-0.2, 0) is 24.3 Å². The molecule has 3 aliphatic heterocycles. The Labute approximate surface area is 259 Å². The summed E-state index contributed by atoms with van der Waals surface area (Å²) in [5.41, 5.74) is 3.73. The zero-order valence-electron chi connectivity index (χ0n) is 24.8. The number of nitrogens with zero attached hydrogens (tertiary/aromatic N) is 5. The Hall–Kier alpha value is -3.19. The lowest BCUT2D eigenvalue weighted by Crippen LogP contribution is -2.40. The van der Waals surface area contributed by atoms with Gasteiger partial charge in [0.15, 0.2) is 17.9 Å². The van der Waals surface area contributed by atoms with E-state index in [1.807, 2.05) is 13.0 Å². The van der Waals surface area contributed by atoms with Crippen molar-refractivity contribution < 1.29 is 23.8 Å². The van der Waals surface area contributed by atoms with Gasteiger partial charge in [-0.15, -0.1) is 0 Å². The highest BCUT2D eigenvalue weighted by molar-refractivity contribution is 7.59. The predicted molar refractivity (Wildman–Crippen MR) is 167 cm³/mol. The van der Waals surface area contributed by atoms with Crippen LogP contribution < -0.4 is 15.0 Å². The molecule has 1 aromatic carbocycles. The molecule has 43 heavy (non-hydrogen) atoms. The average Bonchev–Trinajstić information content (AvgIpc) is 3.41. The molecule has 0 spiro atoms. The van der Waals surface area contributed by atoms with E-state index in [1.54, 1.807) is 6.07 Å². The standard InChI is InChI=1S/C31H40N6O5.H2S/c1-21-29(42-20-32-21)19-41-26-7-5-23-15-36(12-9-22(23)13-26)16-25(38)6-8-28(39)27-14-30(33-24-17-40-18-24)35-31(34-27)37-10-3-2-4-11-37;/h5,7,13-14,20,24-25,38H,2-4,6,8-12,15-19H2,1H3,(H,33,34,35);1H2/t25-;/m0./s1. The summed E-state index contributed by atoms with van der Waals surface area (Å²) in [5, 5.41) is 14.2. The molecule has 2 fully saturated rings. The largest absolute Gasteiger partial charge is 0.486 e. The van der Waals surface area contributed by atoms with Gasteiger partial charge < -0.3 is 29.2 Å². The lowest BCUT2D eigenvalue weighted by molar-refractivity contribution is 0.0209. The maximum Gasteiger partial charge on any atom is 0.227 e. The van der Waals surface area contributed by atoms with Crippen molar-refractivity contribution in [1.82, 2.24) is 19.9 Å². The molecule has 0 radical (unpaired) electrons. The van der Waals surface area contributed by atoms with Crippen LogP contribution in [0.5, 0.6) is 5.75 Å². The molecule has 11 nitrogen and oxygen atoms in total. The van der Waals surface area contributed by atoms with Crippen LogP contribution in [-0.4, -0.2) is 82.3 Å². The summed E-state index contributed by atoms with van der Waals surface area (Å²) < 4.78 is 16.6. The smallest absolute Gasteiger partial charge is 0.227 e. The van der Waals surface area contributed by atoms with E-state index in [0.29, 0.717) is 50.2 Å². The van der Waals surface area contributed by atoms with E-state index >= 15 is 0 Å². The van der Waals surface area contributed by atoms with Crippen LogP contribution in [0.1, 0.15) is 65.2 Å². The highest BCUT2D eigenvalue weighted by Crippen LogP contribution is 2.26. The van der Waals surface area contributed by atoms with Crippen LogP contribution in [0.2, 0.25) is 0 Å². The zero-order valence-corrected chi connectivity index (χ0v) is 25.8. The van der Waals surface area contributed by atoms with E-state index in [-0.39, 0.29) is 31.7 Å². The van der Waals surface area contributed by atoms with Crippen molar-refractivity contribution in [3.8, 4) is 5.75 Å². The number of anilines is 2. The van der Waals surface area contributed by atoms with Gasteiger partial charge in [-0.1, -0.05) is 6.07 Å². The molecule has 2 saturated heterocycles. The van der Waals surface area contributed by atoms with Crippen molar-refractivity contribution in [2.24, 2.45) is 0 Å². The highest BCUT2D eigenvalue weighted by Gasteiger charge is 2.24. The van der Waals surface area contributed by atoms with Gasteiger partial charge in [0.25, 0.3) is 0 Å². The van der Waals surface area contributed by atoms with Gasteiger partial charge in [-0.25, -0.2) is 9.97 Å². The lowest BCUT2D eigenvalue weighted by Gasteiger charge is -2.30. The number of β-amino-alcohol motifs (C(OH)–C–C–N with tert-alkyl or cyclic N) is 1. The van der Waals surface area contributed by atoms with Crippen molar-refractivity contribution in [1.29, 1.82) is 0 Å². The van der Waals surface area contributed by atoms with Crippen LogP contribution in [0.15, 0.2) is 35.1 Å². The first-order chi connectivity index (χ1) is 20.5. The predicted octanol–water partition coefficient (Wildman–Crippen LogP) is 3.65. The van der Waals surface area contributed by atoms with E-state index in [4.69, 9.17) is 18.9 Å². The minimum Gasteiger partial charge on any atom is -0.486 e.